The number of halogens is 2. The van der Waals surface area contributed by atoms with E-state index in [1.807, 2.05) is 36.4 Å². The summed E-state index contributed by atoms with van der Waals surface area (Å²) in [6, 6.07) is 14.9. The Balaban J connectivity index is 1.71. The van der Waals surface area contributed by atoms with Gasteiger partial charge in [-0.3, -0.25) is 9.69 Å². The fraction of sp³-hybridized carbons (Fsp3) is 0.350. The number of nitrogens with zero attached hydrogens (tertiary/aromatic N) is 1. The Labute approximate surface area is 168 Å². The number of morpholine rings is 1. The van der Waals surface area contributed by atoms with Crippen LogP contribution in [-0.2, 0) is 16.1 Å². The lowest BCUT2D eigenvalue weighted by atomic mass is 9.97. The van der Waals surface area contributed by atoms with Gasteiger partial charge in [0.2, 0.25) is 5.91 Å². The second-order valence-electron chi connectivity index (χ2n) is 6.76. The standard InChI is InChI=1S/C20H22Cl2N2O3/c21-16-4-1-3-15(9-16)12-24-7-8-27-20(13-24,11-19(23)25)14-26-18-6-2-5-17(22)10-18/h1-6,9-10H,7-8,11-14H2,(H2,23,25)/t20-/m0/s1. The first-order valence-corrected chi connectivity index (χ1v) is 9.47. The Morgan fingerprint density at radius 2 is 1.93 bits per heavy atom. The van der Waals surface area contributed by atoms with Crippen molar-refractivity contribution in [1.29, 1.82) is 0 Å². The van der Waals surface area contributed by atoms with Crippen LogP contribution in [0.4, 0.5) is 0 Å². The van der Waals surface area contributed by atoms with E-state index in [0.717, 1.165) is 12.1 Å². The van der Waals surface area contributed by atoms with Crippen molar-refractivity contribution in [1.82, 2.24) is 4.90 Å². The van der Waals surface area contributed by atoms with Gasteiger partial charge in [0, 0.05) is 29.7 Å². The number of primary amides is 1. The van der Waals surface area contributed by atoms with Gasteiger partial charge < -0.3 is 15.2 Å². The molecule has 0 radical (unpaired) electrons. The number of carbonyl (C=O) groups excluding carboxylic acids is 1. The molecule has 1 amide bonds. The van der Waals surface area contributed by atoms with Gasteiger partial charge in [0.15, 0.2) is 0 Å². The van der Waals surface area contributed by atoms with Gasteiger partial charge >= 0.3 is 0 Å². The minimum Gasteiger partial charge on any atom is -0.490 e. The molecule has 0 saturated carbocycles. The summed E-state index contributed by atoms with van der Waals surface area (Å²) in [6.07, 6.45) is 0.0829. The number of hydrogen-bond acceptors (Lipinski definition) is 4. The van der Waals surface area contributed by atoms with Crippen LogP contribution in [0.15, 0.2) is 48.5 Å². The predicted octanol–water partition coefficient (Wildman–Crippen LogP) is 3.52. The molecule has 2 aromatic rings. The Morgan fingerprint density at radius 1 is 1.19 bits per heavy atom. The third kappa shape index (κ3) is 5.84. The molecule has 1 aliphatic rings. The highest BCUT2D eigenvalue weighted by Gasteiger charge is 2.39. The van der Waals surface area contributed by atoms with Crippen molar-refractivity contribution in [3.63, 3.8) is 0 Å². The molecule has 1 atom stereocenters. The molecule has 27 heavy (non-hydrogen) atoms. The lowest BCUT2D eigenvalue weighted by Gasteiger charge is -2.42. The maximum atomic E-state index is 11.7. The molecule has 1 fully saturated rings. The van der Waals surface area contributed by atoms with Gasteiger partial charge in [-0.2, -0.15) is 0 Å². The largest absolute Gasteiger partial charge is 0.490 e. The SMILES string of the molecule is NC(=O)C[C@@]1(COc2cccc(Cl)c2)CN(Cc2cccc(Cl)c2)CCO1. The number of benzene rings is 2. The smallest absolute Gasteiger partial charge is 0.220 e. The van der Waals surface area contributed by atoms with Crippen molar-refractivity contribution in [3.05, 3.63) is 64.1 Å². The summed E-state index contributed by atoms with van der Waals surface area (Å²) in [7, 11) is 0. The molecular formula is C20H22Cl2N2O3. The molecule has 144 valence electrons. The molecule has 1 aliphatic heterocycles. The second kappa shape index (κ2) is 8.93. The lowest BCUT2D eigenvalue weighted by Crippen LogP contribution is -2.56. The zero-order valence-electron chi connectivity index (χ0n) is 14.9. The molecule has 1 saturated heterocycles. The number of amides is 1. The van der Waals surface area contributed by atoms with E-state index in [1.165, 1.54) is 0 Å². The maximum absolute atomic E-state index is 11.7. The Bertz CT molecular complexity index is 802. The fourth-order valence-corrected chi connectivity index (χ4v) is 3.68. The van der Waals surface area contributed by atoms with E-state index in [2.05, 4.69) is 4.90 Å². The number of carbonyl (C=O) groups is 1. The monoisotopic (exact) mass is 408 g/mol. The van der Waals surface area contributed by atoms with Crippen LogP contribution in [0.3, 0.4) is 0 Å². The number of ether oxygens (including phenoxy) is 2. The van der Waals surface area contributed by atoms with Crippen LogP contribution in [-0.4, -0.2) is 42.7 Å². The molecule has 0 bridgehead atoms. The summed E-state index contributed by atoms with van der Waals surface area (Å²) in [5, 5.41) is 1.29. The van der Waals surface area contributed by atoms with Gasteiger partial charge in [0.1, 0.15) is 18.0 Å². The normalized spacial score (nSPS) is 20.4. The Hall–Kier alpha value is -1.79. The maximum Gasteiger partial charge on any atom is 0.220 e. The van der Waals surface area contributed by atoms with E-state index in [-0.39, 0.29) is 13.0 Å². The number of rotatable bonds is 7. The summed E-state index contributed by atoms with van der Waals surface area (Å²) < 4.78 is 11.9. The van der Waals surface area contributed by atoms with Crippen LogP contribution < -0.4 is 10.5 Å². The van der Waals surface area contributed by atoms with Crippen LogP contribution in [0.5, 0.6) is 5.75 Å². The molecule has 2 aromatic carbocycles. The van der Waals surface area contributed by atoms with E-state index in [0.29, 0.717) is 35.5 Å². The first kappa shape index (κ1) is 20.0. The lowest BCUT2D eigenvalue weighted by molar-refractivity contribution is -0.148. The molecule has 0 spiro atoms. The average molecular weight is 409 g/mol. The quantitative estimate of drug-likeness (QED) is 0.760. The van der Waals surface area contributed by atoms with Crippen LogP contribution in [0.1, 0.15) is 12.0 Å². The van der Waals surface area contributed by atoms with Gasteiger partial charge in [0.25, 0.3) is 0 Å². The van der Waals surface area contributed by atoms with Crippen molar-refractivity contribution in [2.75, 3.05) is 26.3 Å². The van der Waals surface area contributed by atoms with E-state index in [9.17, 15) is 4.79 Å². The third-order valence-corrected chi connectivity index (χ3v) is 4.89. The minimum atomic E-state index is -0.801. The summed E-state index contributed by atoms with van der Waals surface area (Å²) in [5.41, 5.74) is 5.79. The molecule has 2 N–H and O–H groups in total. The van der Waals surface area contributed by atoms with Gasteiger partial charge in [-0.1, -0.05) is 41.4 Å². The molecule has 1 heterocycles. The topological polar surface area (TPSA) is 64.8 Å². The van der Waals surface area contributed by atoms with Crippen LogP contribution in [0.25, 0.3) is 0 Å². The molecule has 7 heteroatoms. The highest BCUT2D eigenvalue weighted by Crippen LogP contribution is 2.26. The number of nitrogens with two attached hydrogens (primary N) is 1. The third-order valence-electron chi connectivity index (χ3n) is 4.42. The number of hydrogen-bond donors (Lipinski definition) is 1. The molecule has 0 unspecified atom stereocenters. The van der Waals surface area contributed by atoms with E-state index in [1.54, 1.807) is 12.1 Å². The van der Waals surface area contributed by atoms with Crippen molar-refractivity contribution in [2.45, 2.75) is 18.6 Å². The highest BCUT2D eigenvalue weighted by atomic mass is 35.5. The van der Waals surface area contributed by atoms with Crippen molar-refractivity contribution < 1.29 is 14.3 Å². The van der Waals surface area contributed by atoms with Crippen LogP contribution in [0.2, 0.25) is 10.0 Å². The van der Waals surface area contributed by atoms with Gasteiger partial charge in [-0.25, -0.2) is 0 Å². The molecular weight excluding hydrogens is 387 g/mol. The fourth-order valence-electron chi connectivity index (χ4n) is 3.29. The highest BCUT2D eigenvalue weighted by molar-refractivity contribution is 6.30. The van der Waals surface area contributed by atoms with Crippen molar-refractivity contribution in [3.8, 4) is 5.75 Å². The second-order valence-corrected chi connectivity index (χ2v) is 7.63. The first-order valence-electron chi connectivity index (χ1n) is 8.72. The summed E-state index contributed by atoms with van der Waals surface area (Å²) in [4.78, 5) is 13.9. The van der Waals surface area contributed by atoms with Gasteiger partial charge in [0.05, 0.1) is 13.0 Å². The minimum absolute atomic E-state index is 0.0829. The van der Waals surface area contributed by atoms with E-state index in [4.69, 9.17) is 38.4 Å². The van der Waals surface area contributed by atoms with E-state index < -0.39 is 11.5 Å². The Morgan fingerprint density at radius 3 is 2.63 bits per heavy atom. The zero-order chi connectivity index (χ0) is 19.3. The summed E-state index contributed by atoms with van der Waals surface area (Å²) in [6.45, 7) is 2.70. The molecule has 0 aromatic heterocycles. The van der Waals surface area contributed by atoms with Crippen LogP contribution in [0, 0.1) is 0 Å². The van der Waals surface area contributed by atoms with Crippen molar-refractivity contribution in [2.24, 2.45) is 5.73 Å². The Kier molecular flexibility index (Phi) is 6.60. The zero-order valence-corrected chi connectivity index (χ0v) is 16.4. The van der Waals surface area contributed by atoms with Crippen molar-refractivity contribution >= 4 is 29.1 Å². The molecule has 5 nitrogen and oxygen atoms in total. The summed E-state index contributed by atoms with van der Waals surface area (Å²) >= 11 is 12.1. The van der Waals surface area contributed by atoms with Gasteiger partial charge in [-0.15, -0.1) is 0 Å². The molecule has 0 aliphatic carbocycles. The first-order chi connectivity index (χ1) is 12.9. The predicted molar refractivity (Wildman–Crippen MR) is 106 cm³/mol. The molecule has 3 rings (SSSR count). The van der Waals surface area contributed by atoms with E-state index >= 15 is 0 Å². The van der Waals surface area contributed by atoms with Gasteiger partial charge in [-0.05, 0) is 35.9 Å². The average Bonchev–Trinajstić information content (AvgIpc) is 2.60. The van der Waals surface area contributed by atoms with Crippen LogP contribution >= 0.6 is 23.2 Å². The summed E-state index contributed by atoms with van der Waals surface area (Å²) in [5.74, 6) is 0.205.